The van der Waals surface area contributed by atoms with Crippen molar-refractivity contribution < 1.29 is 4.74 Å². The summed E-state index contributed by atoms with van der Waals surface area (Å²) < 4.78 is 8.43. The first-order valence-electron chi connectivity index (χ1n) is 3.16. The van der Waals surface area contributed by atoms with Gasteiger partial charge in [-0.05, 0) is 12.1 Å². The lowest BCUT2D eigenvalue weighted by Gasteiger charge is -2.01. The Morgan fingerprint density at radius 2 is 2.18 bits per heavy atom. The predicted octanol–water partition coefficient (Wildman–Crippen LogP) is 2.27. The van der Waals surface area contributed by atoms with Crippen LogP contribution in [0.1, 0.15) is 5.56 Å². The second-order valence-electron chi connectivity index (χ2n) is 1.97. The van der Waals surface area contributed by atoms with Gasteiger partial charge in [0.25, 0.3) is 0 Å². The fourth-order valence-electron chi connectivity index (χ4n) is 0.826. The van der Waals surface area contributed by atoms with E-state index in [9.17, 15) is 0 Å². The molecular formula is C8H8ClNO. The van der Waals surface area contributed by atoms with E-state index in [0.29, 0.717) is 0 Å². The number of hydrogen-bond donors (Lipinski definition) is 0. The topological polar surface area (TPSA) is 21.6 Å². The van der Waals surface area contributed by atoms with Crippen molar-refractivity contribution in [2.45, 2.75) is 0 Å². The van der Waals surface area contributed by atoms with Crippen molar-refractivity contribution in [2.24, 2.45) is 4.51 Å². The molecule has 0 N–H and O–H groups in total. The van der Waals surface area contributed by atoms with Gasteiger partial charge in [-0.3, -0.25) is 0 Å². The van der Waals surface area contributed by atoms with Crippen LogP contribution in [-0.4, -0.2) is 13.3 Å². The Morgan fingerprint density at radius 1 is 1.45 bits per heavy atom. The van der Waals surface area contributed by atoms with Crippen molar-refractivity contribution in [3.8, 4) is 5.75 Å². The molecule has 2 nitrogen and oxygen atoms in total. The minimum atomic E-state index is 0.775. The van der Waals surface area contributed by atoms with Gasteiger partial charge in [-0.25, -0.2) is 0 Å². The second kappa shape index (κ2) is 3.98. The smallest absolute Gasteiger partial charge is 0.127 e. The van der Waals surface area contributed by atoms with E-state index in [1.165, 1.54) is 0 Å². The fraction of sp³-hybridized carbons (Fsp3) is 0.125. The van der Waals surface area contributed by atoms with E-state index < -0.39 is 0 Å². The van der Waals surface area contributed by atoms with Crippen molar-refractivity contribution in [1.29, 1.82) is 0 Å². The van der Waals surface area contributed by atoms with Crippen LogP contribution in [0.5, 0.6) is 5.75 Å². The minimum Gasteiger partial charge on any atom is -0.496 e. The number of halogens is 1. The van der Waals surface area contributed by atoms with E-state index in [1.54, 1.807) is 13.3 Å². The number of nitrogens with zero attached hydrogens (tertiary/aromatic N) is 1. The first-order valence-corrected chi connectivity index (χ1v) is 3.49. The average Bonchev–Trinajstić information content (AvgIpc) is 2.06. The van der Waals surface area contributed by atoms with Crippen LogP contribution in [0.2, 0.25) is 0 Å². The summed E-state index contributed by atoms with van der Waals surface area (Å²) in [7, 11) is 1.61. The Hall–Kier alpha value is -1.02. The highest BCUT2D eigenvalue weighted by Gasteiger charge is 1.95. The third-order valence-electron chi connectivity index (χ3n) is 1.33. The molecule has 0 saturated heterocycles. The average molecular weight is 170 g/mol. The second-order valence-corrected chi connectivity index (χ2v) is 2.16. The van der Waals surface area contributed by atoms with E-state index in [2.05, 4.69) is 4.51 Å². The van der Waals surface area contributed by atoms with Gasteiger partial charge in [-0.2, -0.15) is 4.51 Å². The Labute approximate surface area is 70.6 Å². The van der Waals surface area contributed by atoms with Gasteiger partial charge in [0.2, 0.25) is 0 Å². The van der Waals surface area contributed by atoms with E-state index in [-0.39, 0.29) is 0 Å². The summed E-state index contributed by atoms with van der Waals surface area (Å²) >= 11 is 5.18. The molecule has 0 saturated carbocycles. The van der Waals surface area contributed by atoms with Gasteiger partial charge in [0.15, 0.2) is 0 Å². The zero-order chi connectivity index (χ0) is 8.10. The van der Waals surface area contributed by atoms with Crippen molar-refractivity contribution in [3.05, 3.63) is 29.8 Å². The molecule has 11 heavy (non-hydrogen) atoms. The van der Waals surface area contributed by atoms with Crippen LogP contribution in [0.15, 0.2) is 28.8 Å². The zero-order valence-corrected chi connectivity index (χ0v) is 6.88. The lowest BCUT2D eigenvalue weighted by molar-refractivity contribution is 0.414. The molecule has 0 aromatic heterocycles. The normalized spacial score (nSPS) is 10.4. The summed E-state index contributed by atoms with van der Waals surface area (Å²) in [6.07, 6.45) is 1.54. The van der Waals surface area contributed by atoms with Crippen molar-refractivity contribution in [2.75, 3.05) is 7.11 Å². The highest BCUT2D eigenvalue weighted by atomic mass is 35.5. The molecule has 0 aliphatic rings. The SMILES string of the molecule is COc1ccccc1C=NCl. The molecule has 0 aliphatic heterocycles. The van der Waals surface area contributed by atoms with Gasteiger partial charge >= 0.3 is 0 Å². The third-order valence-corrected chi connectivity index (χ3v) is 1.42. The quantitative estimate of drug-likeness (QED) is 0.623. The molecule has 0 radical (unpaired) electrons. The van der Waals surface area contributed by atoms with Crippen LogP contribution in [0, 0.1) is 0 Å². The zero-order valence-electron chi connectivity index (χ0n) is 6.12. The van der Waals surface area contributed by atoms with Crippen LogP contribution < -0.4 is 4.74 Å². The van der Waals surface area contributed by atoms with Gasteiger partial charge in [-0.1, -0.05) is 12.1 Å². The minimum absolute atomic E-state index is 0.775. The number of methoxy groups -OCH3 is 1. The summed E-state index contributed by atoms with van der Waals surface area (Å²) in [6.45, 7) is 0. The monoisotopic (exact) mass is 169 g/mol. The Bertz CT molecular complexity index is 260. The maximum Gasteiger partial charge on any atom is 0.127 e. The number of rotatable bonds is 2. The largest absolute Gasteiger partial charge is 0.496 e. The summed E-state index contributed by atoms with van der Waals surface area (Å²) in [4.78, 5) is 0. The lowest BCUT2D eigenvalue weighted by Crippen LogP contribution is -1.88. The standard InChI is InChI=1S/C8H8ClNO/c1-11-8-5-3-2-4-7(8)6-10-9/h2-6H,1H3. The maximum atomic E-state index is 5.18. The molecule has 1 rings (SSSR count). The molecule has 1 aromatic carbocycles. The fourth-order valence-corrected chi connectivity index (χ4v) is 0.931. The molecule has 0 fully saturated rings. The molecule has 0 spiro atoms. The van der Waals surface area contributed by atoms with Gasteiger partial charge in [0.1, 0.15) is 5.75 Å². The van der Waals surface area contributed by atoms with Crippen LogP contribution >= 0.6 is 11.8 Å². The number of para-hydroxylation sites is 1. The van der Waals surface area contributed by atoms with E-state index in [4.69, 9.17) is 16.5 Å². The summed E-state index contributed by atoms with van der Waals surface area (Å²) in [5, 5.41) is 0. The summed E-state index contributed by atoms with van der Waals surface area (Å²) in [6, 6.07) is 7.53. The van der Waals surface area contributed by atoms with Gasteiger partial charge in [0, 0.05) is 17.3 Å². The van der Waals surface area contributed by atoms with Crippen LogP contribution in [0.3, 0.4) is 0 Å². The molecule has 0 bridgehead atoms. The third kappa shape index (κ3) is 1.95. The summed E-state index contributed by atoms with van der Waals surface area (Å²) in [5.74, 6) is 0.775. The number of hydrogen-bond acceptors (Lipinski definition) is 2. The molecular weight excluding hydrogens is 162 g/mol. The van der Waals surface area contributed by atoms with Gasteiger partial charge in [0.05, 0.1) is 13.3 Å². The number of ether oxygens (including phenoxy) is 1. The van der Waals surface area contributed by atoms with E-state index in [1.807, 2.05) is 24.3 Å². The van der Waals surface area contributed by atoms with Gasteiger partial charge in [-0.15, -0.1) is 0 Å². The first-order chi connectivity index (χ1) is 5.38. The lowest BCUT2D eigenvalue weighted by atomic mass is 10.2. The highest BCUT2D eigenvalue weighted by Crippen LogP contribution is 2.14. The van der Waals surface area contributed by atoms with E-state index >= 15 is 0 Å². The molecule has 0 aliphatic carbocycles. The van der Waals surface area contributed by atoms with Crippen LogP contribution in [0.4, 0.5) is 0 Å². The Balaban J connectivity index is 3.02. The molecule has 1 aromatic rings. The molecule has 58 valence electrons. The van der Waals surface area contributed by atoms with Crippen molar-refractivity contribution >= 4 is 18.0 Å². The van der Waals surface area contributed by atoms with Crippen molar-refractivity contribution in [1.82, 2.24) is 0 Å². The van der Waals surface area contributed by atoms with Gasteiger partial charge < -0.3 is 4.74 Å². The molecule has 3 heteroatoms. The highest BCUT2D eigenvalue weighted by molar-refractivity contribution is 6.18. The Morgan fingerprint density at radius 3 is 2.82 bits per heavy atom. The van der Waals surface area contributed by atoms with E-state index in [0.717, 1.165) is 11.3 Å². The van der Waals surface area contributed by atoms with Crippen LogP contribution in [0.25, 0.3) is 0 Å². The summed E-state index contributed by atoms with van der Waals surface area (Å²) in [5.41, 5.74) is 0.880. The molecule has 0 unspecified atom stereocenters. The molecule has 0 heterocycles. The van der Waals surface area contributed by atoms with Crippen LogP contribution in [-0.2, 0) is 0 Å². The maximum absolute atomic E-state index is 5.18. The predicted molar refractivity (Wildman–Crippen MR) is 46.4 cm³/mol. The van der Waals surface area contributed by atoms with Crippen molar-refractivity contribution in [3.63, 3.8) is 0 Å². The molecule has 0 amide bonds. The molecule has 0 atom stereocenters. The number of benzene rings is 1. The Kier molecular flexibility index (Phi) is 2.93. The first kappa shape index (κ1) is 8.08.